The number of rotatable bonds is 3. The van der Waals surface area contributed by atoms with Gasteiger partial charge < -0.3 is 10.4 Å². The second-order valence-electron chi connectivity index (χ2n) is 4.01. The minimum Gasteiger partial charge on any atom is -0.478 e. The third-order valence-electron chi connectivity index (χ3n) is 2.46. The van der Waals surface area contributed by atoms with Gasteiger partial charge in [0, 0.05) is 11.2 Å². The number of aromatic nitrogens is 2. The molecule has 1 aromatic heterocycles. The van der Waals surface area contributed by atoms with Crippen molar-refractivity contribution in [3.8, 4) is 0 Å². The van der Waals surface area contributed by atoms with Gasteiger partial charge in [0.05, 0.1) is 5.69 Å². The number of aromatic carboxylic acids is 1. The van der Waals surface area contributed by atoms with E-state index in [1.807, 2.05) is 0 Å². The Morgan fingerprint density at radius 1 is 1.32 bits per heavy atom. The molecule has 2 rings (SSSR count). The molecular formula is C12H6ClF4N3O2. The number of halogens is 5. The molecule has 0 saturated carbocycles. The molecular weight excluding hydrogens is 330 g/mol. The molecule has 1 heterocycles. The fourth-order valence-corrected chi connectivity index (χ4v) is 1.70. The molecule has 116 valence electrons. The monoisotopic (exact) mass is 335 g/mol. The van der Waals surface area contributed by atoms with Crippen LogP contribution in [0, 0.1) is 5.82 Å². The zero-order valence-corrected chi connectivity index (χ0v) is 11.2. The summed E-state index contributed by atoms with van der Waals surface area (Å²) in [5, 5.41) is 11.1. The maximum absolute atomic E-state index is 13.5. The summed E-state index contributed by atoms with van der Waals surface area (Å²) >= 11 is 5.65. The molecule has 1 aromatic carbocycles. The topological polar surface area (TPSA) is 75.1 Å². The average molecular weight is 336 g/mol. The highest BCUT2D eigenvalue weighted by Gasteiger charge is 2.38. The molecule has 0 fully saturated rings. The van der Waals surface area contributed by atoms with Gasteiger partial charge in [-0.05, 0) is 18.2 Å². The number of nitrogens with zero attached hydrogens (tertiary/aromatic N) is 2. The molecule has 10 heteroatoms. The van der Waals surface area contributed by atoms with Gasteiger partial charge in [-0.25, -0.2) is 19.2 Å². The summed E-state index contributed by atoms with van der Waals surface area (Å²) < 4.78 is 51.9. The zero-order chi connectivity index (χ0) is 16.5. The summed E-state index contributed by atoms with van der Waals surface area (Å²) in [5.41, 5.74) is -2.99. The fourth-order valence-electron chi connectivity index (χ4n) is 1.53. The van der Waals surface area contributed by atoms with Crippen LogP contribution in [-0.4, -0.2) is 21.0 Å². The highest BCUT2D eigenvalue weighted by molar-refractivity contribution is 6.30. The standard InChI is InChI=1S/C12H6ClF4N3O2/c13-5-1-2-7(14)8(3-5)19-11-18-4-6(10(21)22)9(20-11)12(15,16)17/h1-4H,(H,21,22)(H,18,19,20). The molecule has 0 radical (unpaired) electrons. The number of alkyl halides is 3. The minimum atomic E-state index is -5.00. The van der Waals surface area contributed by atoms with E-state index in [1.165, 1.54) is 6.07 Å². The summed E-state index contributed by atoms with van der Waals surface area (Å²) in [7, 11) is 0. The van der Waals surface area contributed by atoms with Crippen LogP contribution in [0.5, 0.6) is 0 Å². The molecule has 0 saturated heterocycles. The van der Waals surface area contributed by atoms with Crippen LogP contribution in [0.4, 0.5) is 29.2 Å². The van der Waals surface area contributed by atoms with Crippen molar-refractivity contribution in [2.24, 2.45) is 0 Å². The smallest absolute Gasteiger partial charge is 0.434 e. The van der Waals surface area contributed by atoms with Crippen molar-refractivity contribution in [1.82, 2.24) is 9.97 Å². The second kappa shape index (κ2) is 5.76. The van der Waals surface area contributed by atoms with Crippen molar-refractivity contribution in [3.63, 3.8) is 0 Å². The van der Waals surface area contributed by atoms with E-state index in [0.717, 1.165) is 12.1 Å². The summed E-state index contributed by atoms with van der Waals surface area (Å²) in [5.74, 6) is -3.23. The molecule has 0 aliphatic carbocycles. The van der Waals surface area contributed by atoms with Crippen molar-refractivity contribution in [1.29, 1.82) is 0 Å². The summed E-state index contributed by atoms with van der Waals surface area (Å²) in [6.07, 6.45) is -4.51. The molecule has 0 unspecified atom stereocenters. The van der Waals surface area contributed by atoms with Gasteiger partial charge in [0.25, 0.3) is 0 Å². The normalized spacial score (nSPS) is 11.3. The van der Waals surface area contributed by atoms with Crippen LogP contribution < -0.4 is 5.32 Å². The van der Waals surface area contributed by atoms with Gasteiger partial charge in [-0.3, -0.25) is 0 Å². The lowest BCUT2D eigenvalue weighted by atomic mass is 10.2. The van der Waals surface area contributed by atoms with Gasteiger partial charge >= 0.3 is 12.1 Å². The van der Waals surface area contributed by atoms with E-state index >= 15 is 0 Å². The van der Waals surface area contributed by atoms with E-state index < -0.39 is 35.2 Å². The third kappa shape index (κ3) is 3.42. The highest BCUT2D eigenvalue weighted by Crippen LogP contribution is 2.31. The Morgan fingerprint density at radius 3 is 2.59 bits per heavy atom. The maximum atomic E-state index is 13.5. The van der Waals surface area contributed by atoms with E-state index in [9.17, 15) is 22.4 Å². The number of anilines is 2. The van der Waals surface area contributed by atoms with E-state index in [1.54, 1.807) is 0 Å². The van der Waals surface area contributed by atoms with Crippen molar-refractivity contribution in [3.05, 3.63) is 46.5 Å². The summed E-state index contributed by atoms with van der Waals surface area (Å²) in [6, 6.07) is 3.37. The van der Waals surface area contributed by atoms with Crippen LogP contribution in [0.25, 0.3) is 0 Å². The molecule has 0 amide bonds. The number of carboxylic acid groups (broad SMARTS) is 1. The van der Waals surface area contributed by atoms with E-state index in [-0.39, 0.29) is 10.7 Å². The number of carboxylic acids is 1. The van der Waals surface area contributed by atoms with E-state index in [2.05, 4.69) is 15.3 Å². The Morgan fingerprint density at radius 2 is 2.00 bits per heavy atom. The Hall–Kier alpha value is -2.42. The lowest BCUT2D eigenvalue weighted by Gasteiger charge is -2.11. The van der Waals surface area contributed by atoms with Gasteiger partial charge in [-0.15, -0.1) is 0 Å². The van der Waals surface area contributed by atoms with Crippen LogP contribution in [0.1, 0.15) is 16.1 Å². The first kappa shape index (κ1) is 16.0. The van der Waals surface area contributed by atoms with Crippen LogP contribution in [-0.2, 0) is 6.18 Å². The Kier molecular flexibility index (Phi) is 4.18. The quantitative estimate of drug-likeness (QED) is 0.836. The van der Waals surface area contributed by atoms with E-state index in [4.69, 9.17) is 16.7 Å². The van der Waals surface area contributed by atoms with Crippen molar-refractivity contribution in [2.75, 3.05) is 5.32 Å². The molecule has 22 heavy (non-hydrogen) atoms. The number of nitrogens with one attached hydrogen (secondary N) is 1. The first-order chi connectivity index (χ1) is 10.2. The van der Waals surface area contributed by atoms with E-state index in [0.29, 0.717) is 6.20 Å². The third-order valence-corrected chi connectivity index (χ3v) is 2.70. The average Bonchev–Trinajstić information content (AvgIpc) is 2.41. The molecule has 0 bridgehead atoms. The molecule has 0 aliphatic heterocycles. The van der Waals surface area contributed by atoms with Crippen LogP contribution in [0.15, 0.2) is 24.4 Å². The predicted octanol–water partition coefficient (Wildman–Crippen LogP) is 3.73. The van der Waals surface area contributed by atoms with Crippen molar-refractivity contribution < 1.29 is 27.5 Å². The molecule has 2 N–H and O–H groups in total. The molecule has 5 nitrogen and oxygen atoms in total. The SMILES string of the molecule is O=C(O)c1cnc(Nc2cc(Cl)ccc2F)nc1C(F)(F)F. The molecule has 0 aliphatic rings. The van der Waals surface area contributed by atoms with Gasteiger partial charge in [-0.1, -0.05) is 11.6 Å². The molecule has 0 spiro atoms. The van der Waals surface area contributed by atoms with Crippen molar-refractivity contribution >= 4 is 29.2 Å². The number of hydrogen-bond donors (Lipinski definition) is 2. The highest BCUT2D eigenvalue weighted by atomic mass is 35.5. The Labute approximate surface area is 125 Å². The van der Waals surface area contributed by atoms with Crippen LogP contribution >= 0.6 is 11.6 Å². The molecule has 2 aromatic rings. The minimum absolute atomic E-state index is 0.141. The van der Waals surface area contributed by atoms with Gasteiger partial charge in [0.1, 0.15) is 11.4 Å². The van der Waals surface area contributed by atoms with Crippen LogP contribution in [0.3, 0.4) is 0 Å². The molecule has 0 atom stereocenters. The first-order valence-corrected chi connectivity index (χ1v) is 5.96. The van der Waals surface area contributed by atoms with Crippen molar-refractivity contribution in [2.45, 2.75) is 6.18 Å². The lowest BCUT2D eigenvalue weighted by molar-refractivity contribution is -0.141. The summed E-state index contributed by atoms with van der Waals surface area (Å²) in [4.78, 5) is 17.3. The largest absolute Gasteiger partial charge is 0.478 e. The maximum Gasteiger partial charge on any atom is 0.434 e. The summed E-state index contributed by atoms with van der Waals surface area (Å²) in [6.45, 7) is 0. The zero-order valence-electron chi connectivity index (χ0n) is 10.4. The van der Waals surface area contributed by atoms with Gasteiger partial charge in [0.2, 0.25) is 5.95 Å². The number of carbonyl (C=O) groups is 1. The second-order valence-corrected chi connectivity index (χ2v) is 4.44. The predicted molar refractivity (Wildman–Crippen MR) is 68.7 cm³/mol. The number of hydrogen-bond acceptors (Lipinski definition) is 4. The Balaban J connectivity index is 2.45. The lowest BCUT2D eigenvalue weighted by Crippen LogP contribution is -2.17. The van der Waals surface area contributed by atoms with Crippen LogP contribution in [0.2, 0.25) is 5.02 Å². The first-order valence-electron chi connectivity index (χ1n) is 5.58. The Bertz CT molecular complexity index is 737. The number of benzene rings is 1. The fraction of sp³-hybridized carbons (Fsp3) is 0.0833. The van der Waals surface area contributed by atoms with Gasteiger partial charge in [0.15, 0.2) is 5.69 Å². The van der Waals surface area contributed by atoms with Gasteiger partial charge in [-0.2, -0.15) is 13.2 Å².